The molecular formula is C10H17IO3. The van der Waals surface area contributed by atoms with E-state index in [1.54, 1.807) is 6.92 Å². The fraction of sp³-hybridized carbons (Fsp3) is 0.900. The van der Waals surface area contributed by atoms with Gasteiger partial charge in [0.05, 0.1) is 5.60 Å². The lowest BCUT2D eigenvalue weighted by Crippen LogP contribution is -2.38. The van der Waals surface area contributed by atoms with Gasteiger partial charge in [0.15, 0.2) is 0 Å². The van der Waals surface area contributed by atoms with E-state index in [4.69, 9.17) is 4.74 Å². The van der Waals surface area contributed by atoms with Crippen LogP contribution in [0.5, 0.6) is 0 Å². The predicted molar refractivity (Wildman–Crippen MR) is 62.5 cm³/mol. The maximum absolute atomic E-state index is 11.5. The molecular weight excluding hydrogens is 295 g/mol. The van der Waals surface area contributed by atoms with Gasteiger partial charge in [-0.05, 0) is 32.6 Å². The summed E-state index contributed by atoms with van der Waals surface area (Å²) < 4.78 is 5.19. The second-order valence-corrected chi connectivity index (χ2v) is 5.55. The van der Waals surface area contributed by atoms with E-state index in [0.29, 0.717) is 0 Å². The van der Waals surface area contributed by atoms with Crippen LogP contribution in [0, 0.1) is 0 Å². The first kappa shape index (κ1) is 12.2. The van der Waals surface area contributed by atoms with Crippen LogP contribution in [-0.4, -0.2) is 26.7 Å². The third-order valence-corrected chi connectivity index (χ3v) is 4.10. The Bertz CT molecular complexity index is 215. The Morgan fingerprint density at radius 1 is 1.79 bits per heavy atom. The van der Waals surface area contributed by atoms with Crippen molar-refractivity contribution in [2.45, 2.75) is 55.2 Å². The van der Waals surface area contributed by atoms with Crippen LogP contribution >= 0.6 is 22.6 Å². The minimum Gasteiger partial charge on any atom is -0.459 e. The van der Waals surface area contributed by atoms with E-state index >= 15 is 0 Å². The minimum atomic E-state index is -0.820. The van der Waals surface area contributed by atoms with Gasteiger partial charge in [-0.15, -0.1) is 0 Å². The van der Waals surface area contributed by atoms with Crippen LogP contribution in [0.4, 0.5) is 0 Å². The number of hydrogen-bond donors (Lipinski definition) is 1. The van der Waals surface area contributed by atoms with E-state index in [0.717, 1.165) is 25.7 Å². The molecule has 0 aliphatic heterocycles. The highest BCUT2D eigenvalue weighted by atomic mass is 127. The van der Waals surface area contributed by atoms with Crippen molar-refractivity contribution in [1.82, 2.24) is 0 Å². The number of aliphatic hydroxyl groups is 1. The number of halogens is 1. The third kappa shape index (κ3) is 2.82. The molecule has 0 aromatic heterocycles. The van der Waals surface area contributed by atoms with Gasteiger partial charge < -0.3 is 9.84 Å². The summed E-state index contributed by atoms with van der Waals surface area (Å²) in [7, 11) is 0. The van der Waals surface area contributed by atoms with Crippen LogP contribution in [0.3, 0.4) is 0 Å². The number of alkyl halides is 1. The summed E-state index contributed by atoms with van der Waals surface area (Å²) >= 11 is 2.07. The van der Waals surface area contributed by atoms with E-state index < -0.39 is 5.60 Å². The van der Waals surface area contributed by atoms with Gasteiger partial charge in [0, 0.05) is 0 Å². The fourth-order valence-corrected chi connectivity index (χ4v) is 1.83. The lowest BCUT2D eigenvalue weighted by Gasteiger charge is -2.26. The molecule has 1 aliphatic carbocycles. The van der Waals surface area contributed by atoms with Gasteiger partial charge in [0.25, 0.3) is 0 Å². The lowest BCUT2D eigenvalue weighted by molar-refractivity contribution is -0.158. The number of hydrogen-bond acceptors (Lipinski definition) is 3. The summed E-state index contributed by atoms with van der Waals surface area (Å²) in [6, 6.07) is 0. The maximum Gasteiger partial charge on any atom is 0.319 e. The normalized spacial score (nSPS) is 34.1. The standard InChI is InChI=1S/C10H17IO3/c1-3-7(11)9(12)14-8-5-4-6-10(8,2)13/h7-8,13H,3-6H2,1-2H3. The SMILES string of the molecule is CCC(I)C(=O)OC1CCCC1(C)O. The number of carbonyl (C=O) groups is 1. The molecule has 0 spiro atoms. The van der Waals surface area contributed by atoms with Crippen molar-refractivity contribution >= 4 is 28.6 Å². The fourth-order valence-electron chi connectivity index (χ4n) is 1.68. The zero-order valence-electron chi connectivity index (χ0n) is 8.62. The minimum absolute atomic E-state index is 0.0935. The molecule has 0 saturated heterocycles. The average molecular weight is 312 g/mol. The third-order valence-electron chi connectivity index (χ3n) is 2.72. The zero-order chi connectivity index (χ0) is 10.8. The molecule has 14 heavy (non-hydrogen) atoms. The van der Waals surface area contributed by atoms with Gasteiger partial charge in [0.1, 0.15) is 10.0 Å². The highest BCUT2D eigenvalue weighted by Gasteiger charge is 2.40. The summed E-state index contributed by atoms with van der Waals surface area (Å²) in [4.78, 5) is 11.5. The summed E-state index contributed by atoms with van der Waals surface area (Å²) in [6.07, 6.45) is 2.91. The Hall–Kier alpha value is 0.160. The number of ether oxygens (including phenoxy) is 1. The van der Waals surface area contributed by atoms with E-state index in [1.807, 2.05) is 6.92 Å². The molecule has 0 radical (unpaired) electrons. The summed E-state index contributed by atoms with van der Waals surface area (Å²) in [5.74, 6) is -0.194. The molecule has 0 aromatic rings. The van der Waals surface area contributed by atoms with Crippen molar-refractivity contribution in [2.75, 3.05) is 0 Å². The highest BCUT2D eigenvalue weighted by molar-refractivity contribution is 14.1. The molecule has 3 nitrogen and oxygen atoms in total. The summed E-state index contributed by atoms with van der Waals surface area (Å²) in [5, 5.41) is 9.88. The van der Waals surface area contributed by atoms with Crippen molar-refractivity contribution in [2.24, 2.45) is 0 Å². The van der Waals surface area contributed by atoms with Crippen LogP contribution in [-0.2, 0) is 9.53 Å². The van der Waals surface area contributed by atoms with Crippen molar-refractivity contribution in [3.63, 3.8) is 0 Å². The summed E-state index contributed by atoms with van der Waals surface area (Å²) in [6.45, 7) is 3.69. The highest BCUT2D eigenvalue weighted by Crippen LogP contribution is 2.32. The van der Waals surface area contributed by atoms with Crippen molar-refractivity contribution in [3.05, 3.63) is 0 Å². The first-order valence-electron chi connectivity index (χ1n) is 5.04. The first-order valence-corrected chi connectivity index (χ1v) is 6.29. The molecule has 82 valence electrons. The van der Waals surface area contributed by atoms with Crippen molar-refractivity contribution in [3.8, 4) is 0 Å². The summed E-state index contributed by atoms with van der Waals surface area (Å²) in [5.41, 5.74) is -0.820. The average Bonchev–Trinajstić information content (AvgIpc) is 2.44. The number of carbonyl (C=O) groups excluding carboxylic acids is 1. The molecule has 3 unspecified atom stereocenters. The van der Waals surface area contributed by atoms with Crippen LogP contribution in [0.15, 0.2) is 0 Å². The second kappa shape index (κ2) is 4.79. The quantitative estimate of drug-likeness (QED) is 0.493. The Morgan fingerprint density at radius 2 is 2.43 bits per heavy atom. The van der Waals surface area contributed by atoms with Gasteiger partial charge in [-0.1, -0.05) is 29.5 Å². The smallest absolute Gasteiger partial charge is 0.319 e. The van der Waals surface area contributed by atoms with Crippen LogP contribution in [0.25, 0.3) is 0 Å². The van der Waals surface area contributed by atoms with Gasteiger partial charge in [-0.25, -0.2) is 0 Å². The molecule has 1 N–H and O–H groups in total. The molecule has 1 fully saturated rings. The van der Waals surface area contributed by atoms with E-state index in [1.165, 1.54) is 0 Å². The molecule has 3 atom stereocenters. The topological polar surface area (TPSA) is 46.5 Å². The van der Waals surface area contributed by atoms with E-state index in [2.05, 4.69) is 22.6 Å². The van der Waals surface area contributed by atoms with Crippen LogP contribution < -0.4 is 0 Å². The van der Waals surface area contributed by atoms with Crippen LogP contribution in [0.1, 0.15) is 39.5 Å². The molecule has 1 rings (SSSR count). The van der Waals surface area contributed by atoms with Gasteiger partial charge in [0.2, 0.25) is 0 Å². The first-order chi connectivity index (χ1) is 6.47. The second-order valence-electron chi connectivity index (χ2n) is 4.05. The Kier molecular flexibility index (Phi) is 4.18. The predicted octanol–water partition coefficient (Wildman–Crippen LogP) is 2.05. The molecule has 0 heterocycles. The van der Waals surface area contributed by atoms with Crippen LogP contribution in [0.2, 0.25) is 0 Å². The van der Waals surface area contributed by atoms with E-state index in [-0.39, 0.29) is 16.0 Å². The Balaban J connectivity index is 2.48. The Labute approximate surface area is 98.3 Å². The maximum atomic E-state index is 11.5. The van der Waals surface area contributed by atoms with Crippen molar-refractivity contribution in [1.29, 1.82) is 0 Å². The number of esters is 1. The number of rotatable bonds is 3. The van der Waals surface area contributed by atoms with E-state index in [9.17, 15) is 9.90 Å². The van der Waals surface area contributed by atoms with Gasteiger partial charge in [-0.2, -0.15) is 0 Å². The molecule has 0 bridgehead atoms. The zero-order valence-corrected chi connectivity index (χ0v) is 10.8. The Morgan fingerprint density at radius 3 is 2.86 bits per heavy atom. The van der Waals surface area contributed by atoms with Gasteiger partial charge >= 0.3 is 5.97 Å². The molecule has 0 aromatic carbocycles. The molecule has 1 saturated carbocycles. The lowest BCUT2D eigenvalue weighted by atomic mass is 10.0. The molecule has 1 aliphatic rings. The molecule has 0 amide bonds. The monoisotopic (exact) mass is 312 g/mol. The molecule has 4 heteroatoms. The van der Waals surface area contributed by atoms with Gasteiger partial charge in [-0.3, -0.25) is 4.79 Å². The largest absolute Gasteiger partial charge is 0.459 e. The van der Waals surface area contributed by atoms with Crippen molar-refractivity contribution < 1.29 is 14.6 Å².